The second-order valence-electron chi connectivity index (χ2n) is 10.8. The van der Waals surface area contributed by atoms with E-state index in [1.165, 1.54) is 37.1 Å². The first kappa shape index (κ1) is 33.5. The van der Waals surface area contributed by atoms with E-state index in [0.29, 0.717) is 37.1 Å². The Morgan fingerprint density at radius 2 is 1.87 bits per heavy atom. The predicted octanol–water partition coefficient (Wildman–Crippen LogP) is 9.03. The van der Waals surface area contributed by atoms with Crippen molar-refractivity contribution in [1.29, 1.82) is 0 Å². The van der Waals surface area contributed by atoms with Crippen LogP contribution in [0.2, 0.25) is 0 Å². The van der Waals surface area contributed by atoms with Gasteiger partial charge in [-0.1, -0.05) is 60.0 Å². The van der Waals surface area contributed by atoms with Gasteiger partial charge in [0.25, 0.3) is 0 Å². The molecule has 1 saturated carbocycles. The largest absolute Gasteiger partial charge is 0.493 e. The molecule has 1 fully saturated rings. The fourth-order valence-corrected chi connectivity index (χ4v) is 4.89. The molecule has 0 unspecified atom stereocenters. The molecule has 1 N–H and O–H groups in total. The van der Waals surface area contributed by atoms with Crippen molar-refractivity contribution in [3.63, 3.8) is 0 Å². The van der Waals surface area contributed by atoms with E-state index in [9.17, 15) is 9.70 Å². The fraction of sp³-hybridized carbons (Fsp3) is 0.613. The Balaban J connectivity index is 0.000000616. The van der Waals surface area contributed by atoms with Crippen LogP contribution >= 0.6 is 11.3 Å². The van der Waals surface area contributed by atoms with Crippen LogP contribution in [0.25, 0.3) is 10.4 Å². The number of hydrogen-bond acceptors (Lipinski definition) is 5. The molecule has 1 heterocycles. The number of nitrogens with one attached hydrogen (secondary N) is 1. The van der Waals surface area contributed by atoms with Gasteiger partial charge in [-0.05, 0) is 57.1 Å². The average molecular weight is 545 g/mol. The van der Waals surface area contributed by atoms with E-state index in [-0.39, 0.29) is 5.78 Å². The number of ether oxygens (including phenoxy) is 1. The number of allylic oxidation sites excluding steroid dienone is 1. The normalized spacial score (nSPS) is 13.2. The van der Waals surface area contributed by atoms with E-state index < -0.39 is 0 Å². The lowest BCUT2D eigenvalue weighted by Gasteiger charge is -2.18. The maximum absolute atomic E-state index is 12.6. The summed E-state index contributed by atoms with van der Waals surface area (Å²) in [6.45, 7) is 18.9. The smallest absolute Gasteiger partial charge is 0.304 e. The minimum atomic E-state index is 0.171. The fourth-order valence-electron chi connectivity index (χ4n) is 3.77. The maximum atomic E-state index is 12.6. The number of aromatic nitrogens is 1. The summed E-state index contributed by atoms with van der Waals surface area (Å²) in [7, 11) is 0. The molecule has 2 aromatic rings. The van der Waals surface area contributed by atoms with Crippen LogP contribution in [0.1, 0.15) is 104 Å². The Bertz CT molecular complexity index is 976. The number of Topliss-reactive ketones (excluding diaryl/α,β-unsaturated/α-hetero) is 1. The predicted molar refractivity (Wildman–Crippen MR) is 161 cm³/mol. The van der Waals surface area contributed by atoms with Crippen LogP contribution in [0.4, 0.5) is 5.69 Å². The molecule has 6 nitrogen and oxygen atoms in total. The first-order chi connectivity index (χ1) is 18.1. The lowest BCUT2D eigenvalue weighted by Crippen LogP contribution is -2.22. The molecule has 38 heavy (non-hydrogen) atoms. The van der Waals surface area contributed by atoms with Crippen molar-refractivity contribution in [2.75, 3.05) is 13.2 Å². The zero-order valence-corrected chi connectivity index (χ0v) is 25.5. The van der Waals surface area contributed by atoms with Crippen molar-refractivity contribution >= 4 is 22.8 Å². The van der Waals surface area contributed by atoms with Crippen LogP contribution < -0.4 is 10.2 Å². The van der Waals surface area contributed by atoms with E-state index in [2.05, 4.69) is 46.6 Å². The highest BCUT2D eigenvalue weighted by molar-refractivity contribution is 7.15. The van der Waals surface area contributed by atoms with Gasteiger partial charge in [0.15, 0.2) is 4.87 Å². The third-order valence-corrected chi connectivity index (χ3v) is 6.82. The number of nitroso groups, excluding NO2 is 1. The first-order valence-electron chi connectivity index (χ1n) is 14.1. The van der Waals surface area contributed by atoms with Gasteiger partial charge in [-0.2, -0.15) is 0 Å². The molecule has 0 amide bonds. The van der Waals surface area contributed by atoms with Crippen LogP contribution in [-0.4, -0.2) is 28.8 Å². The minimum Gasteiger partial charge on any atom is -0.493 e. The Labute approximate surface area is 234 Å². The number of carbonyl (C=O) groups is 1. The summed E-state index contributed by atoms with van der Waals surface area (Å²) in [4.78, 5) is 29.2. The molecule has 0 spiro atoms. The molecule has 0 atom stereocenters. The van der Waals surface area contributed by atoms with E-state index in [1.807, 2.05) is 31.3 Å². The van der Waals surface area contributed by atoms with Gasteiger partial charge in [-0.15, -0.1) is 23.3 Å². The molecule has 1 aliphatic carbocycles. The molecule has 0 aliphatic heterocycles. The molecule has 3 rings (SSSR count). The van der Waals surface area contributed by atoms with Gasteiger partial charge < -0.3 is 4.74 Å². The molecule has 212 valence electrons. The number of ketones is 1. The summed E-state index contributed by atoms with van der Waals surface area (Å²) in [6.07, 6.45) is 11.4. The SMILES string of the molecule is C=CCC(C)=O.CC(C)C.CCN[N+](=O)c1cc(OCCC(C)C)ccc1-c1cnc(C2CCCCC2)s1. The number of nitrogens with zero attached hydrogens (tertiary/aromatic N) is 2. The van der Waals surface area contributed by atoms with Gasteiger partial charge in [-0.3, -0.25) is 4.79 Å². The minimum absolute atomic E-state index is 0.171. The van der Waals surface area contributed by atoms with Crippen LogP contribution in [0.3, 0.4) is 0 Å². The van der Waals surface area contributed by atoms with Gasteiger partial charge in [-0.25, -0.2) is 4.98 Å². The monoisotopic (exact) mass is 544 g/mol. The molecule has 0 saturated heterocycles. The second kappa shape index (κ2) is 18.7. The van der Waals surface area contributed by atoms with Gasteiger partial charge in [0.05, 0.1) is 39.6 Å². The van der Waals surface area contributed by atoms with Crippen LogP contribution in [0.5, 0.6) is 5.75 Å². The van der Waals surface area contributed by atoms with Crippen LogP contribution in [0, 0.1) is 16.7 Å². The quantitative estimate of drug-likeness (QED) is 0.174. The Morgan fingerprint density at radius 3 is 2.39 bits per heavy atom. The summed E-state index contributed by atoms with van der Waals surface area (Å²) >= 11 is 1.72. The standard InChI is InChI=1S/C22H32N3O2S.C5H8O.C4H10/c1-4-24-25(26)20-14-18(27-13-12-16(2)3)10-11-19(20)21-15-23-22(28-21)17-8-6-5-7-9-17;1-3-4-5(2)6;1-4(2)3/h10-11,14-17H,4-9,12-13H2,1-3H3,(H,24,26);3H,1,4H2,2H3;4H,1-3H3/q+1;;. The average Bonchev–Trinajstić information content (AvgIpc) is 3.35. The summed E-state index contributed by atoms with van der Waals surface area (Å²) in [6, 6.07) is 5.78. The molecule has 0 radical (unpaired) electrons. The summed E-state index contributed by atoms with van der Waals surface area (Å²) in [5.74, 6) is 2.90. The van der Waals surface area contributed by atoms with Gasteiger partial charge in [0.1, 0.15) is 11.5 Å². The number of hydrogen-bond donors (Lipinski definition) is 1. The second-order valence-corrected chi connectivity index (χ2v) is 11.9. The molecule has 1 aromatic carbocycles. The Morgan fingerprint density at radius 1 is 1.21 bits per heavy atom. The van der Waals surface area contributed by atoms with Crippen molar-refractivity contribution in [2.24, 2.45) is 11.8 Å². The number of carbonyl (C=O) groups excluding carboxylic acids is 1. The number of benzene rings is 1. The van der Waals surface area contributed by atoms with Crippen molar-refractivity contribution < 1.29 is 14.4 Å². The maximum Gasteiger partial charge on any atom is 0.304 e. The van der Waals surface area contributed by atoms with E-state index in [1.54, 1.807) is 24.3 Å². The Hall–Kier alpha value is -2.54. The van der Waals surface area contributed by atoms with Crippen LogP contribution in [0.15, 0.2) is 37.1 Å². The molecule has 1 aromatic heterocycles. The van der Waals surface area contributed by atoms with Gasteiger partial charge in [0.2, 0.25) is 0 Å². The number of rotatable bonds is 11. The third kappa shape index (κ3) is 13.3. The molecular weight excluding hydrogens is 494 g/mol. The van der Waals surface area contributed by atoms with Crippen molar-refractivity contribution in [3.8, 4) is 16.2 Å². The highest BCUT2D eigenvalue weighted by Crippen LogP contribution is 2.40. The summed E-state index contributed by atoms with van der Waals surface area (Å²) < 4.78 is 5.87. The van der Waals surface area contributed by atoms with Crippen LogP contribution in [-0.2, 0) is 4.79 Å². The highest BCUT2D eigenvalue weighted by Gasteiger charge is 2.25. The number of hydrazine groups is 1. The van der Waals surface area contributed by atoms with E-state index in [0.717, 1.165) is 33.4 Å². The third-order valence-electron chi connectivity index (χ3n) is 5.63. The van der Waals surface area contributed by atoms with Crippen molar-refractivity contribution in [1.82, 2.24) is 10.4 Å². The molecule has 1 aliphatic rings. The van der Waals surface area contributed by atoms with Crippen molar-refractivity contribution in [3.05, 3.63) is 47.0 Å². The molecular formula is C31H50N3O3S+. The molecule has 7 heteroatoms. The number of thiazole rings is 1. The lowest BCUT2D eigenvalue weighted by atomic mass is 9.90. The Kier molecular flexibility index (Phi) is 16.5. The zero-order chi connectivity index (χ0) is 28.5. The zero-order valence-electron chi connectivity index (χ0n) is 24.7. The topological polar surface area (TPSA) is 71.3 Å². The van der Waals surface area contributed by atoms with E-state index in [4.69, 9.17) is 9.72 Å². The highest BCUT2D eigenvalue weighted by atomic mass is 32.1. The first-order valence-corrected chi connectivity index (χ1v) is 14.9. The van der Waals surface area contributed by atoms with E-state index >= 15 is 0 Å². The van der Waals surface area contributed by atoms with Gasteiger partial charge >= 0.3 is 5.69 Å². The van der Waals surface area contributed by atoms with Gasteiger partial charge in [0, 0.05) is 18.5 Å². The summed E-state index contributed by atoms with van der Waals surface area (Å²) in [5.41, 5.74) is 4.34. The summed E-state index contributed by atoms with van der Waals surface area (Å²) in [5, 5.41) is 1.21. The molecule has 0 bridgehead atoms. The lowest BCUT2D eigenvalue weighted by molar-refractivity contribution is -0.527. The van der Waals surface area contributed by atoms with Crippen molar-refractivity contribution in [2.45, 2.75) is 99.3 Å².